The van der Waals surface area contributed by atoms with E-state index in [-0.39, 0.29) is 0 Å². The van der Waals surface area contributed by atoms with Crippen molar-refractivity contribution < 1.29 is 9.90 Å². The molecule has 1 heterocycles. The fourth-order valence-electron chi connectivity index (χ4n) is 1.95. The standard InChI is InChI=1S/C14H15ClN2O2/c1-9(14(18)19)7-13-12(8-16-17(13)2)10-3-5-11(15)6-4-10/h3-6,8-9H,7H2,1-2H3,(H,18,19). The molecule has 0 saturated heterocycles. The van der Waals surface area contributed by atoms with Crippen LogP contribution in [-0.4, -0.2) is 20.9 Å². The Balaban J connectivity index is 2.37. The molecule has 0 bridgehead atoms. The molecular formula is C14H15ClN2O2. The lowest BCUT2D eigenvalue weighted by molar-refractivity contribution is -0.141. The van der Waals surface area contributed by atoms with Crippen molar-refractivity contribution >= 4 is 17.6 Å². The molecule has 1 unspecified atom stereocenters. The average Bonchev–Trinajstić information content (AvgIpc) is 2.72. The Labute approximate surface area is 116 Å². The van der Waals surface area contributed by atoms with Crippen LogP contribution in [-0.2, 0) is 18.3 Å². The van der Waals surface area contributed by atoms with Gasteiger partial charge < -0.3 is 5.11 Å². The number of halogens is 1. The predicted octanol–water partition coefficient (Wildman–Crippen LogP) is 3.00. The molecule has 1 N–H and O–H groups in total. The maximum absolute atomic E-state index is 11.0. The summed E-state index contributed by atoms with van der Waals surface area (Å²) in [5.74, 6) is -1.25. The topological polar surface area (TPSA) is 55.1 Å². The molecule has 0 aliphatic heterocycles. The highest BCUT2D eigenvalue weighted by Crippen LogP contribution is 2.26. The van der Waals surface area contributed by atoms with Gasteiger partial charge in [-0.2, -0.15) is 5.10 Å². The fourth-order valence-corrected chi connectivity index (χ4v) is 2.08. The Kier molecular flexibility index (Phi) is 3.90. The van der Waals surface area contributed by atoms with Crippen LogP contribution in [0, 0.1) is 5.92 Å². The third-order valence-electron chi connectivity index (χ3n) is 3.14. The van der Waals surface area contributed by atoms with E-state index in [2.05, 4.69) is 5.10 Å². The Morgan fingerprint density at radius 1 is 1.42 bits per heavy atom. The molecule has 0 radical (unpaired) electrons. The van der Waals surface area contributed by atoms with Crippen LogP contribution < -0.4 is 0 Å². The molecule has 0 saturated carbocycles. The third-order valence-corrected chi connectivity index (χ3v) is 3.39. The van der Waals surface area contributed by atoms with Crippen LogP contribution in [0.25, 0.3) is 11.1 Å². The van der Waals surface area contributed by atoms with Gasteiger partial charge in [-0.15, -0.1) is 0 Å². The van der Waals surface area contributed by atoms with E-state index in [0.717, 1.165) is 16.8 Å². The lowest BCUT2D eigenvalue weighted by atomic mass is 9.99. The van der Waals surface area contributed by atoms with Gasteiger partial charge in [0.2, 0.25) is 0 Å². The second-order valence-corrected chi connectivity index (χ2v) is 5.02. The normalized spacial score (nSPS) is 12.4. The minimum Gasteiger partial charge on any atom is -0.481 e. The summed E-state index contributed by atoms with van der Waals surface area (Å²) in [5.41, 5.74) is 2.86. The van der Waals surface area contributed by atoms with Crippen molar-refractivity contribution in [1.82, 2.24) is 9.78 Å². The van der Waals surface area contributed by atoms with Gasteiger partial charge >= 0.3 is 5.97 Å². The van der Waals surface area contributed by atoms with E-state index in [0.29, 0.717) is 11.4 Å². The van der Waals surface area contributed by atoms with E-state index in [9.17, 15) is 4.79 Å². The van der Waals surface area contributed by atoms with E-state index in [1.165, 1.54) is 0 Å². The van der Waals surface area contributed by atoms with Crippen molar-refractivity contribution in [3.63, 3.8) is 0 Å². The largest absolute Gasteiger partial charge is 0.481 e. The molecular weight excluding hydrogens is 264 g/mol. The molecule has 2 aromatic rings. The second-order valence-electron chi connectivity index (χ2n) is 4.58. The lowest BCUT2D eigenvalue weighted by Gasteiger charge is -2.09. The summed E-state index contributed by atoms with van der Waals surface area (Å²) in [7, 11) is 1.82. The number of benzene rings is 1. The molecule has 0 aliphatic rings. The van der Waals surface area contributed by atoms with Crippen LogP contribution in [0.4, 0.5) is 0 Å². The first-order valence-corrected chi connectivity index (χ1v) is 6.36. The van der Waals surface area contributed by atoms with E-state index >= 15 is 0 Å². The number of carboxylic acid groups (broad SMARTS) is 1. The number of nitrogens with zero attached hydrogens (tertiary/aromatic N) is 2. The van der Waals surface area contributed by atoms with Crippen molar-refractivity contribution in [1.29, 1.82) is 0 Å². The summed E-state index contributed by atoms with van der Waals surface area (Å²) in [5, 5.41) is 13.9. The number of aromatic nitrogens is 2. The van der Waals surface area contributed by atoms with Gasteiger partial charge in [0, 0.05) is 29.7 Å². The number of carbonyl (C=O) groups is 1. The summed E-state index contributed by atoms with van der Waals surface area (Å²) < 4.78 is 1.73. The first-order valence-electron chi connectivity index (χ1n) is 5.98. The fraction of sp³-hybridized carbons (Fsp3) is 0.286. The summed E-state index contributed by atoms with van der Waals surface area (Å²) in [6, 6.07) is 7.45. The van der Waals surface area contributed by atoms with Crippen molar-refractivity contribution in [2.45, 2.75) is 13.3 Å². The minimum absolute atomic E-state index is 0.443. The van der Waals surface area contributed by atoms with E-state index in [1.807, 2.05) is 31.3 Å². The number of carboxylic acids is 1. The Bertz CT molecular complexity index is 590. The van der Waals surface area contributed by atoms with Crippen LogP contribution in [0.1, 0.15) is 12.6 Å². The van der Waals surface area contributed by atoms with Crippen molar-refractivity contribution in [2.75, 3.05) is 0 Å². The van der Waals surface area contributed by atoms with Crippen molar-refractivity contribution in [2.24, 2.45) is 13.0 Å². The second kappa shape index (κ2) is 5.45. The number of aryl methyl sites for hydroxylation is 1. The summed E-state index contributed by atoms with van der Waals surface area (Å²) in [6.45, 7) is 1.70. The van der Waals surface area contributed by atoms with E-state index < -0.39 is 11.9 Å². The molecule has 0 amide bonds. The maximum atomic E-state index is 11.0. The van der Waals surface area contributed by atoms with Gasteiger partial charge in [-0.1, -0.05) is 30.7 Å². The third kappa shape index (κ3) is 2.96. The SMILES string of the molecule is CC(Cc1c(-c2ccc(Cl)cc2)cnn1C)C(=O)O. The molecule has 0 fully saturated rings. The van der Waals surface area contributed by atoms with Crippen LogP contribution in [0.2, 0.25) is 5.02 Å². The van der Waals surface area contributed by atoms with Gasteiger partial charge in [0.15, 0.2) is 0 Å². The number of hydrogen-bond acceptors (Lipinski definition) is 2. The molecule has 2 rings (SSSR count). The van der Waals surface area contributed by atoms with Gasteiger partial charge in [-0.25, -0.2) is 0 Å². The van der Waals surface area contributed by atoms with Crippen LogP contribution >= 0.6 is 11.6 Å². The highest BCUT2D eigenvalue weighted by atomic mass is 35.5. The zero-order valence-electron chi connectivity index (χ0n) is 10.8. The summed E-state index contributed by atoms with van der Waals surface area (Å²) in [6.07, 6.45) is 2.21. The number of aliphatic carboxylic acids is 1. The summed E-state index contributed by atoms with van der Waals surface area (Å²) >= 11 is 5.87. The quantitative estimate of drug-likeness (QED) is 0.935. The monoisotopic (exact) mass is 278 g/mol. The number of rotatable bonds is 4. The Morgan fingerprint density at radius 3 is 2.63 bits per heavy atom. The first kappa shape index (κ1) is 13.6. The molecule has 1 aromatic heterocycles. The van der Waals surface area contributed by atoms with Crippen LogP contribution in [0.3, 0.4) is 0 Å². The van der Waals surface area contributed by atoms with Crippen LogP contribution in [0.5, 0.6) is 0 Å². The van der Waals surface area contributed by atoms with Gasteiger partial charge in [0.1, 0.15) is 0 Å². The smallest absolute Gasteiger partial charge is 0.306 e. The lowest BCUT2D eigenvalue weighted by Crippen LogP contribution is -2.15. The van der Waals surface area contributed by atoms with Gasteiger partial charge in [-0.3, -0.25) is 9.48 Å². The summed E-state index contributed by atoms with van der Waals surface area (Å²) in [4.78, 5) is 11.0. The Hall–Kier alpha value is -1.81. The highest BCUT2D eigenvalue weighted by Gasteiger charge is 2.18. The zero-order valence-corrected chi connectivity index (χ0v) is 11.6. The van der Waals surface area contributed by atoms with E-state index in [4.69, 9.17) is 16.7 Å². The molecule has 4 nitrogen and oxygen atoms in total. The molecule has 5 heteroatoms. The van der Waals surface area contributed by atoms with E-state index in [1.54, 1.807) is 17.8 Å². The first-order chi connectivity index (χ1) is 8.99. The molecule has 1 atom stereocenters. The van der Waals surface area contributed by atoms with Gasteiger partial charge in [-0.05, 0) is 17.7 Å². The minimum atomic E-state index is -0.803. The number of hydrogen-bond donors (Lipinski definition) is 1. The van der Waals surface area contributed by atoms with Crippen LogP contribution in [0.15, 0.2) is 30.5 Å². The van der Waals surface area contributed by atoms with Gasteiger partial charge in [0.05, 0.1) is 12.1 Å². The predicted molar refractivity (Wildman–Crippen MR) is 74.2 cm³/mol. The Morgan fingerprint density at radius 2 is 2.05 bits per heavy atom. The van der Waals surface area contributed by atoms with Crippen molar-refractivity contribution in [3.8, 4) is 11.1 Å². The molecule has 0 aliphatic carbocycles. The molecule has 19 heavy (non-hydrogen) atoms. The molecule has 1 aromatic carbocycles. The zero-order chi connectivity index (χ0) is 14.0. The highest BCUT2D eigenvalue weighted by molar-refractivity contribution is 6.30. The van der Waals surface area contributed by atoms with Gasteiger partial charge in [0.25, 0.3) is 0 Å². The molecule has 100 valence electrons. The van der Waals surface area contributed by atoms with Crippen molar-refractivity contribution in [3.05, 3.63) is 41.2 Å². The maximum Gasteiger partial charge on any atom is 0.306 e. The molecule has 0 spiro atoms. The average molecular weight is 279 g/mol.